The number of rotatable bonds is 5. The van der Waals surface area contributed by atoms with Gasteiger partial charge in [-0.25, -0.2) is 0 Å². The zero-order valence-corrected chi connectivity index (χ0v) is 13.6. The molecule has 2 aliphatic rings. The fourth-order valence-corrected chi connectivity index (χ4v) is 3.11. The van der Waals surface area contributed by atoms with Crippen molar-refractivity contribution >= 4 is 12.4 Å². The van der Waals surface area contributed by atoms with E-state index in [-0.39, 0.29) is 12.4 Å². The topological polar surface area (TPSA) is 57.4 Å². The third-order valence-corrected chi connectivity index (χ3v) is 4.30. The lowest BCUT2D eigenvalue weighted by molar-refractivity contribution is 0.0908. The molecule has 0 aromatic carbocycles. The van der Waals surface area contributed by atoms with E-state index in [9.17, 15) is 0 Å². The highest BCUT2D eigenvalue weighted by atomic mass is 35.5. The predicted molar refractivity (Wildman–Crippen MR) is 83.7 cm³/mol. The summed E-state index contributed by atoms with van der Waals surface area (Å²) in [5.41, 5.74) is 0. The van der Waals surface area contributed by atoms with Crippen molar-refractivity contribution in [1.29, 1.82) is 0 Å². The SMILES string of the molecule is CCCc1noc(CN2CCN(C3CCNC3)CC2)n1.Cl. The van der Waals surface area contributed by atoms with Gasteiger partial charge in [0.05, 0.1) is 6.54 Å². The molecule has 6 nitrogen and oxygen atoms in total. The maximum absolute atomic E-state index is 5.32. The van der Waals surface area contributed by atoms with Crippen LogP contribution in [0.5, 0.6) is 0 Å². The number of nitrogens with zero attached hydrogens (tertiary/aromatic N) is 4. The van der Waals surface area contributed by atoms with Crippen LogP contribution in [0, 0.1) is 0 Å². The third-order valence-electron chi connectivity index (χ3n) is 4.30. The quantitative estimate of drug-likeness (QED) is 0.872. The van der Waals surface area contributed by atoms with Crippen molar-refractivity contribution in [2.45, 2.75) is 38.8 Å². The van der Waals surface area contributed by atoms with Crippen LogP contribution in [0.25, 0.3) is 0 Å². The van der Waals surface area contributed by atoms with Gasteiger partial charge in [0, 0.05) is 45.2 Å². The molecule has 3 heterocycles. The van der Waals surface area contributed by atoms with E-state index in [0.29, 0.717) is 0 Å². The van der Waals surface area contributed by atoms with Gasteiger partial charge in [0.2, 0.25) is 5.89 Å². The van der Waals surface area contributed by atoms with E-state index in [2.05, 4.69) is 32.2 Å². The second-order valence-electron chi connectivity index (χ2n) is 5.81. The van der Waals surface area contributed by atoms with Crippen molar-refractivity contribution in [3.63, 3.8) is 0 Å². The van der Waals surface area contributed by atoms with Crippen molar-refractivity contribution in [3.8, 4) is 0 Å². The molecule has 120 valence electrons. The first-order valence-corrected chi connectivity index (χ1v) is 7.83. The van der Waals surface area contributed by atoms with Crippen molar-refractivity contribution in [2.24, 2.45) is 0 Å². The molecule has 0 saturated carbocycles. The van der Waals surface area contributed by atoms with Crippen LogP contribution >= 0.6 is 12.4 Å². The number of halogens is 1. The molecule has 1 aromatic rings. The van der Waals surface area contributed by atoms with Crippen LogP contribution < -0.4 is 5.32 Å². The highest BCUT2D eigenvalue weighted by Gasteiger charge is 2.26. The van der Waals surface area contributed by atoms with Crippen molar-refractivity contribution in [1.82, 2.24) is 25.3 Å². The summed E-state index contributed by atoms with van der Waals surface area (Å²) in [5, 5.41) is 7.46. The summed E-state index contributed by atoms with van der Waals surface area (Å²) in [5.74, 6) is 1.61. The van der Waals surface area contributed by atoms with E-state index in [1.165, 1.54) is 13.0 Å². The van der Waals surface area contributed by atoms with Gasteiger partial charge < -0.3 is 9.84 Å². The molecule has 1 atom stereocenters. The molecule has 2 aliphatic heterocycles. The predicted octanol–water partition coefficient (Wildman–Crippen LogP) is 0.923. The minimum absolute atomic E-state index is 0. The first-order chi connectivity index (χ1) is 9.85. The number of nitrogens with one attached hydrogen (secondary N) is 1. The maximum Gasteiger partial charge on any atom is 0.240 e. The van der Waals surface area contributed by atoms with Gasteiger partial charge in [-0.15, -0.1) is 12.4 Å². The molecule has 1 unspecified atom stereocenters. The van der Waals surface area contributed by atoms with Gasteiger partial charge in [-0.05, 0) is 19.4 Å². The molecular formula is C14H26ClN5O. The van der Waals surface area contributed by atoms with E-state index >= 15 is 0 Å². The second kappa shape index (κ2) is 8.08. The Hall–Kier alpha value is -0.690. The first kappa shape index (κ1) is 16.7. The number of hydrogen-bond acceptors (Lipinski definition) is 6. The molecule has 21 heavy (non-hydrogen) atoms. The summed E-state index contributed by atoms with van der Waals surface area (Å²) in [4.78, 5) is 9.48. The molecule has 3 rings (SSSR count). The summed E-state index contributed by atoms with van der Waals surface area (Å²) in [6.45, 7) is 9.77. The number of hydrogen-bond donors (Lipinski definition) is 1. The first-order valence-electron chi connectivity index (χ1n) is 7.83. The number of aryl methyl sites for hydroxylation is 1. The lowest BCUT2D eigenvalue weighted by Crippen LogP contribution is -2.50. The Morgan fingerprint density at radius 3 is 2.76 bits per heavy atom. The molecule has 7 heteroatoms. The Bertz CT molecular complexity index is 413. The molecule has 2 saturated heterocycles. The van der Waals surface area contributed by atoms with Gasteiger partial charge in [0.15, 0.2) is 5.82 Å². The standard InChI is InChI=1S/C14H25N5O.ClH/c1-2-3-13-16-14(20-17-13)11-18-6-8-19(9-7-18)12-4-5-15-10-12;/h12,15H,2-11H2,1H3;1H. The molecule has 2 fully saturated rings. The van der Waals surface area contributed by atoms with Gasteiger partial charge >= 0.3 is 0 Å². The highest BCUT2D eigenvalue weighted by Crippen LogP contribution is 2.13. The summed E-state index contributed by atoms with van der Waals surface area (Å²) in [7, 11) is 0. The summed E-state index contributed by atoms with van der Waals surface area (Å²) in [6, 6.07) is 0.747. The van der Waals surface area contributed by atoms with Crippen LogP contribution in [0.4, 0.5) is 0 Å². The van der Waals surface area contributed by atoms with E-state index < -0.39 is 0 Å². The number of piperazine rings is 1. The van der Waals surface area contributed by atoms with Gasteiger partial charge in [-0.3, -0.25) is 9.80 Å². The van der Waals surface area contributed by atoms with Crippen molar-refractivity contribution < 1.29 is 4.52 Å². The van der Waals surface area contributed by atoms with Crippen molar-refractivity contribution in [3.05, 3.63) is 11.7 Å². The lowest BCUT2D eigenvalue weighted by Gasteiger charge is -2.37. The molecule has 0 spiro atoms. The Balaban J connectivity index is 0.00000161. The normalized spacial score (nSPS) is 24.1. The molecular weight excluding hydrogens is 290 g/mol. The molecule has 0 amide bonds. The second-order valence-corrected chi connectivity index (χ2v) is 5.81. The highest BCUT2D eigenvalue weighted by molar-refractivity contribution is 5.85. The van der Waals surface area contributed by atoms with E-state index in [4.69, 9.17) is 4.52 Å². The summed E-state index contributed by atoms with van der Waals surface area (Å²) in [6.07, 6.45) is 3.27. The fraction of sp³-hybridized carbons (Fsp3) is 0.857. The lowest BCUT2D eigenvalue weighted by atomic mass is 10.2. The minimum Gasteiger partial charge on any atom is -0.338 e. The Kier molecular flexibility index (Phi) is 6.41. The van der Waals surface area contributed by atoms with Crippen LogP contribution in [-0.2, 0) is 13.0 Å². The van der Waals surface area contributed by atoms with Gasteiger partial charge in [-0.2, -0.15) is 4.98 Å². The fourth-order valence-electron chi connectivity index (χ4n) is 3.11. The van der Waals surface area contributed by atoms with Crippen LogP contribution in [0.3, 0.4) is 0 Å². The maximum atomic E-state index is 5.32. The van der Waals surface area contributed by atoms with Crippen LogP contribution in [0.1, 0.15) is 31.5 Å². The smallest absolute Gasteiger partial charge is 0.240 e. The number of aromatic nitrogens is 2. The molecule has 0 bridgehead atoms. The molecule has 0 aliphatic carbocycles. The Morgan fingerprint density at radius 2 is 2.10 bits per heavy atom. The summed E-state index contributed by atoms with van der Waals surface area (Å²) < 4.78 is 5.32. The molecule has 1 aromatic heterocycles. The van der Waals surface area contributed by atoms with Gasteiger partial charge in [0.25, 0.3) is 0 Å². The summed E-state index contributed by atoms with van der Waals surface area (Å²) >= 11 is 0. The van der Waals surface area contributed by atoms with Crippen LogP contribution in [0.2, 0.25) is 0 Å². The van der Waals surface area contributed by atoms with Crippen LogP contribution in [-0.4, -0.2) is 65.3 Å². The monoisotopic (exact) mass is 315 g/mol. The van der Waals surface area contributed by atoms with Crippen molar-refractivity contribution in [2.75, 3.05) is 39.3 Å². The van der Waals surface area contributed by atoms with Crippen LogP contribution in [0.15, 0.2) is 4.52 Å². The van der Waals surface area contributed by atoms with Gasteiger partial charge in [0.1, 0.15) is 0 Å². The largest absolute Gasteiger partial charge is 0.338 e. The minimum atomic E-state index is 0. The van der Waals surface area contributed by atoms with E-state index in [0.717, 1.165) is 69.9 Å². The average molecular weight is 316 g/mol. The Morgan fingerprint density at radius 1 is 1.29 bits per heavy atom. The zero-order valence-electron chi connectivity index (χ0n) is 12.8. The zero-order chi connectivity index (χ0) is 13.8. The van der Waals surface area contributed by atoms with Gasteiger partial charge in [-0.1, -0.05) is 12.1 Å². The molecule has 0 radical (unpaired) electrons. The molecule has 1 N–H and O–H groups in total. The van der Waals surface area contributed by atoms with E-state index in [1.807, 2.05) is 0 Å². The average Bonchev–Trinajstić information content (AvgIpc) is 3.12. The Labute approximate surface area is 132 Å². The third kappa shape index (κ3) is 4.39. The van der Waals surface area contributed by atoms with E-state index in [1.54, 1.807) is 0 Å².